The summed E-state index contributed by atoms with van der Waals surface area (Å²) < 4.78 is 106. The Labute approximate surface area is 238 Å². The molecule has 2 heterocycles. The molecule has 3 N–H and O–H groups in total. The van der Waals surface area contributed by atoms with Gasteiger partial charge in [-0.3, -0.25) is 19.2 Å². The number of nitrogens with one attached hydrogen (secondary N) is 3. The van der Waals surface area contributed by atoms with E-state index in [1.807, 2.05) is 0 Å². The Morgan fingerprint density at radius 3 is 2.26 bits per heavy atom. The Balaban J connectivity index is 1.97. The van der Waals surface area contributed by atoms with Crippen LogP contribution in [-0.2, 0) is 29.0 Å². The number of fused-ring (bicyclic) bond motifs is 1. The summed E-state index contributed by atoms with van der Waals surface area (Å²) in [6.07, 6.45) is -5.67. The number of amides is 4. The van der Waals surface area contributed by atoms with Gasteiger partial charge in [-0.05, 0) is 36.2 Å². The smallest absolute Gasteiger partial charge is 0.356 e. The highest BCUT2D eigenvalue weighted by Gasteiger charge is 2.59. The topological polar surface area (TPSA) is 142 Å². The average molecular weight is 633 g/mol. The summed E-state index contributed by atoms with van der Waals surface area (Å²) >= 11 is 0. The molecule has 0 aromatic heterocycles. The summed E-state index contributed by atoms with van der Waals surface area (Å²) in [5, 5.41) is 4.95. The van der Waals surface area contributed by atoms with E-state index in [0.29, 0.717) is 12.3 Å². The molecule has 17 heteroatoms. The summed E-state index contributed by atoms with van der Waals surface area (Å²) in [6, 6.07) is -4.87. The van der Waals surface area contributed by atoms with Crippen LogP contribution < -0.4 is 16.0 Å². The van der Waals surface area contributed by atoms with Gasteiger partial charge in [0.2, 0.25) is 38.6 Å². The predicted molar refractivity (Wildman–Crippen MR) is 136 cm³/mol. The van der Waals surface area contributed by atoms with Gasteiger partial charge in [0.25, 0.3) is 0 Å². The van der Waals surface area contributed by atoms with Crippen LogP contribution in [0.1, 0.15) is 46.5 Å². The lowest BCUT2D eigenvalue weighted by Gasteiger charge is -2.37. The van der Waals surface area contributed by atoms with Crippen LogP contribution in [0.4, 0.5) is 26.3 Å². The standard InChI is InChI=1S/C25H34F6N4O6S/c1-23(2,3)18(34-22(39)25(29,30)31)21(38)35-11-13-9-24(27,28)10-15(13)17(35)20(37)33-14(8-16(26)42(4,40)41)7-12-5-6-32-19(12)36/h8,12-15,17-18H,5-7,9-11H2,1-4H3,(H,32,36)(H,33,37)(H,34,39)/b16-8-/t12-,13+,14-,15+,17+,18-/m0/s1. The van der Waals surface area contributed by atoms with Gasteiger partial charge in [-0.25, -0.2) is 17.2 Å². The normalized spacial score (nSPS) is 27.7. The van der Waals surface area contributed by atoms with Gasteiger partial charge in [-0.15, -0.1) is 0 Å². The summed E-state index contributed by atoms with van der Waals surface area (Å²) in [4.78, 5) is 52.0. The maximum Gasteiger partial charge on any atom is 0.471 e. The number of carbonyl (C=O) groups excluding carboxylic acids is 4. The van der Waals surface area contributed by atoms with Gasteiger partial charge < -0.3 is 20.9 Å². The number of hydrogen-bond acceptors (Lipinski definition) is 6. The number of carbonyl (C=O) groups is 4. The van der Waals surface area contributed by atoms with Crippen molar-refractivity contribution in [2.24, 2.45) is 23.2 Å². The number of halogens is 6. The molecule has 0 spiro atoms. The van der Waals surface area contributed by atoms with E-state index in [1.54, 1.807) is 5.32 Å². The first-order valence-corrected chi connectivity index (χ1v) is 15.1. The number of sulfone groups is 1. The molecule has 0 unspecified atom stereocenters. The number of likely N-dealkylation sites (tertiary alicyclic amines) is 1. The molecule has 3 rings (SSSR count). The molecule has 3 aliphatic rings. The van der Waals surface area contributed by atoms with Gasteiger partial charge in [0.05, 0.1) is 6.04 Å². The summed E-state index contributed by atoms with van der Waals surface area (Å²) in [5.74, 6) is -11.0. The van der Waals surface area contributed by atoms with Crippen LogP contribution in [0.3, 0.4) is 0 Å². The molecular formula is C25H34F6N4O6S. The second kappa shape index (κ2) is 11.7. The van der Waals surface area contributed by atoms with Gasteiger partial charge in [0.1, 0.15) is 12.1 Å². The third-order valence-electron chi connectivity index (χ3n) is 7.79. The van der Waals surface area contributed by atoms with E-state index in [9.17, 15) is 53.9 Å². The molecule has 238 valence electrons. The highest BCUT2D eigenvalue weighted by molar-refractivity contribution is 7.94. The lowest BCUT2D eigenvalue weighted by molar-refractivity contribution is -0.176. The van der Waals surface area contributed by atoms with Crippen LogP contribution in [0, 0.1) is 23.2 Å². The first-order valence-electron chi connectivity index (χ1n) is 13.2. The molecule has 0 radical (unpaired) electrons. The molecule has 42 heavy (non-hydrogen) atoms. The molecule has 0 aromatic carbocycles. The van der Waals surface area contributed by atoms with Crippen molar-refractivity contribution in [3.05, 3.63) is 11.2 Å². The summed E-state index contributed by atoms with van der Waals surface area (Å²) in [5.41, 5.74) is -1.31. The van der Waals surface area contributed by atoms with Crippen LogP contribution >= 0.6 is 0 Å². The number of alkyl halides is 5. The summed E-state index contributed by atoms with van der Waals surface area (Å²) in [6.45, 7) is 3.97. The zero-order valence-corrected chi connectivity index (χ0v) is 24.2. The van der Waals surface area contributed by atoms with E-state index < -0.39 is 111 Å². The molecule has 3 fully saturated rings. The fourth-order valence-electron chi connectivity index (χ4n) is 5.78. The molecule has 2 aliphatic heterocycles. The minimum absolute atomic E-state index is 0.252. The fourth-order valence-corrected chi connectivity index (χ4v) is 6.19. The highest BCUT2D eigenvalue weighted by Crippen LogP contribution is 2.50. The van der Waals surface area contributed by atoms with Gasteiger partial charge in [-0.2, -0.15) is 17.6 Å². The molecule has 6 atom stereocenters. The second-order valence-corrected chi connectivity index (χ2v) is 14.2. The molecule has 0 aromatic rings. The molecule has 0 bridgehead atoms. The lowest BCUT2D eigenvalue weighted by Crippen LogP contribution is -2.60. The largest absolute Gasteiger partial charge is 0.471 e. The van der Waals surface area contributed by atoms with Crippen molar-refractivity contribution in [3.8, 4) is 0 Å². The number of hydrogen-bond donors (Lipinski definition) is 3. The van der Waals surface area contributed by atoms with Gasteiger partial charge in [0, 0.05) is 38.1 Å². The van der Waals surface area contributed by atoms with E-state index in [0.717, 1.165) is 4.90 Å². The van der Waals surface area contributed by atoms with Gasteiger partial charge in [-0.1, -0.05) is 20.8 Å². The van der Waals surface area contributed by atoms with Crippen molar-refractivity contribution in [1.82, 2.24) is 20.9 Å². The first-order chi connectivity index (χ1) is 19.0. The van der Waals surface area contributed by atoms with Crippen molar-refractivity contribution < 1.29 is 53.9 Å². The molecule has 2 saturated heterocycles. The second-order valence-electron chi connectivity index (χ2n) is 12.3. The van der Waals surface area contributed by atoms with Crippen molar-refractivity contribution in [1.29, 1.82) is 0 Å². The molecular weight excluding hydrogens is 598 g/mol. The number of rotatable bonds is 8. The number of nitrogens with zero attached hydrogens (tertiary/aromatic N) is 1. The maximum absolute atomic E-state index is 14.5. The summed E-state index contributed by atoms with van der Waals surface area (Å²) in [7, 11) is -4.36. The van der Waals surface area contributed by atoms with Crippen LogP contribution in [-0.4, -0.2) is 86.5 Å². The Bertz CT molecular complexity index is 1250. The van der Waals surface area contributed by atoms with Gasteiger partial charge in [0.15, 0.2) is 0 Å². The predicted octanol–water partition coefficient (Wildman–Crippen LogP) is 1.82. The van der Waals surface area contributed by atoms with Crippen LogP contribution in [0.25, 0.3) is 0 Å². The van der Waals surface area contributed by atoms with Crippen molar-refractivity contribution >= 4 is 33.5 Å². The first kappa shape index (κ1) is 33.6. The molecule has 1 aliphatic carbocycles. The van der Waals surface area contributed by atoms with Crippen molar-refractivity contribution in [3.63, 3.8) is 0 Å². The lowest BCUT2D eigenvalue weighted by atomic mass is 9.85. The minimum Gasteiger partial charge on any atom is -0.356 e. The van der Waals surface area contributed by atoms with E-state index in [2.05, 4.69) is 10.6 Å². The average Bonchev–Trinajstić information content (AvgIpc) is 3.45. The van der Waals surface area contributed by atoms with Crippen molar-refractivity contribution in [2.75, 3.05) is 19.3 Å². The highest BCUT2D eigenvalue weighted by atomic mass is 32.2. The zero-order valence-electron chi connectivity index (χ0n) is 23.4. The Morgan fingerprint density at radius 1 is 1.14 bits per heavy atom. The molecule has 4 amide bonds. The minimum atomic E-state index is -5.33. The van der Waals surface area contributed by atoms with E-state index >= 15 is 0 Å². The van der Waals surface area contributed by atoms with E-state index in [1.165, 1.54) is 20.8 Å². The monoisotopic (exact) mass is 632 g/mol. The van der Waals surface area contributed by atoms with Crippen molar-refractivity contribution in [2.45, 2.75) is 76.7 Å². The maximum atomic E-state index is 14.5. The van der Waals surface area contributed by atoms with Crippen LogP contribution in [0.5, 0.6) is 0 Å². The van der Waals surface area contributed by atoms with E-state index in [-0.39, 0.29) is 19.4 Å². The van der Waals surface area contributed by atoms with Gasteiger partial charge >= 0.3 is 12.1 Å². The third-order valence-corrected chi connectivity index (χ3v) is 8.63. The molecule has 1 saturated carbocycles. The van der Waals surface area contributed by atoms with Crippen LogP contribution in [0.15, 0.2) is 11.2 Å². The van der Waals surface area contributed by atoms with E-state index in [4.69, 9.17) is 0 Å². The SMILES string of the molecule is CC(C)(C)[C@@H](NC(=O)C(F)(F)F)C(=O)N1C[C@H]2CC(F)(F)C[C@H]2[C@@H]1C(=O)N[C@H](/C=C(/F)S(C)(=O)=O)C[C@@H]1CCNC1=O. The Hall–Kier alpha value is -2.85. The fraction of sp³-hybridized carbons (Fsp3) is 0.760. The Kier molecular flexibility index (Phi) is 9.36. The quantitative estimate of drug-likeness (QED) is 0.349. The Morgan fingerprint density at radius 2 is 1.76 bits per heavy atom. The van der Waals surface area contributed by atoms with Crippen LogP contribution in [0.2, 0.25) is 0 Å². The zero-order chi connectivity index (χ0) is 32.0. The molecule has 10 nitrogen and oxygen atoms in total. The third kappa shape index (κ3) is 7.75.